The lowest BCUT2D eigenvalue weighted by Gasteiger charge is -2.12. The Morgan fingerprint density at radius 2 is 2.25 bits per heavy atom. The fourth-order valence-electron chi connectivity index (χ4n) is 1.67. The number of rotatable bonds is 2. The molecule has 1 saturated heterocycles. The lowest BCUT2D eigenvalue weighted by Crippen LogP contribution is -2.28. The van der Waals surface area contributed by atoms with Crippen LogP contribution in [0.15, 0.2) is 46.0 Å². The van der Waals surface area contributed by atoms with Crippen LogP contribution in [-0.4, -0.2) is 15.2 Å². The van der Waals surface area contributed by atoms with Crippen molar-refractivity contribution in [3.05, 3.63) is 52.4 Å². The third-order valence-corrected chi connectivity index (χ3v) is 4.08. The number of anilines is 1. The summed E-state index contributed by atoms with van der Waals surface area (Å²) in [5, 5.41) is 0.505. The molecule has 1 fully saturated rings. The number of amides is 1. The van der Waals surface area contributed by atoms with Crippen molar-refractivity contribution in [1.29, 1.82) is 0 Å². The SMILES string of the molecule is O=C1/C(=C/c2ccco2)SC(=S)N1c1ccc(Cl)cn1. The van der Waals surface area contributed by atoms with E-state index in [-0.39, 0.29) is 5.91 Å². The van der Waals surface area contributed by atoms with Gasteiger partial charge in [0.2, 0.25) is 0 Å². The molecule has 0 atom stereocenters. The van der Waals surface area contributed by atoms with E-state index < -0.39 is 0 Å². The van der Waals surface area contributed by atoms with Gasteiger partial charge in [-0.05, 0) is 24.3 Å². The number of thiocarbonyl (C=S) groups is 1. The maximum Gasteiger partial charge on any atom is 0.272 e. The van der Waals surface area contributed by atoms with Crippen molar-refractivity contribution in [3.8, 4) is 0 Å². The molecule has 4 nitrogen and oxygen atoms in total. The van der Waals surface area contributed by atoms with E-state index in [2.05, 4.69) is 4.98 Å². The summed E-state index contributed by atoms with van der Waals surface area (Å²) in [6.45, 7) is 0. The van der Waals surface area contributed by atoms with Crippen LogP contribution >= 0.6 is 35.6 Å². The minimum atomic E-state index is -0.216. The van der Waals surface area contributed by atoms with Crippen LogP contribution in [-0.2, 0) is 4.79 Å². The van der Waals surface area contributed by atoms with Gasteiger partial charge in [0.1, 0.15) is 11.6 Å². The average Bonchev–Trinajstić information content (AvgIpc) is 3.02. The molecule has 0 bridgehead atoms. The van der Waals surface area contributed by atoms with Gasteiger partial charge in [-0.2, -0.15) is 0 Å². The van der Waals surface area contributed by atoms with Crippen molar-refractivity contribution in [2.75, 3.05) is 4.90 Å². The molecule has 1 aliphatic rings. The molecule has 0 saturated carbocycles. The van der Waals surface area contributed by atoms with Crippen LogP contribution in [0, 0.1) is 0 Å². The van der Waals surface area contributed by atoms with Crippen molar-refractivity contribution < 1.29 is 9.21 Å². The molecular formula is C13H7ClN2O2S2. The summed E-state index contributed by atoms with van der Waals surface area (Å²) in [6.07, 6.45) is 4.69. The molecule has 1 aliphatic heterocycles. The van der Waals surface area contributed by atoms with Gasteiger partial charge in [0.15, 0.2) is 4.32 Å². The number of hydrogen-bond donors (Lipinski definition) is 0. The largest absolute Gasteiger partial charge is 0.465 e. The van der Waals surface area contributed by atoms with Crippen LogP contribution in [0.1, 0.15) is 5.76 Å². The van der Waals surface area contributed by atoms with E-state index in [9.17, 15) is 4.79 Å². The number of hydrogen-bond acceptors (Lipinski definition) is 5. The zero-order valence-corrected chi connectivity index (χ0v) is 12.3. The van der Waals surface area contributed by atoms with Crippen molar-refractivity contribution in [2.45, 2.75) is 0 Å². The van der Waals surface area contributed by atoms with Crippen molar-refractivity contribution in [2.24, 2.45) is 0 Å². The number of furan rings is 1. The molecular weight excluding hydrogens is 316 g/mol. The lowest BCUT2D eigenvalue weighted by atomic mass is 10.3. The van der Waals surface area contributed by atoms with Gasteiger partial charge < -0.3 is 4.42 Å². The number of halogens is 1. The van der Waals surface area contributed by atoms with Gasteiger partial charge in [-0.1, -0.05) is 35.6 Å². The number of nitrogens with zero attached hydrogens (tertiary/aromatic N) is 2. The molecule has 20 heavy (non-hydrogen) atoms. The second-order valence-corrected chi connectivity index (χ2v) is 5.98. The zero-order chi connectivity index (χ0) is 14.1. The summed E-state index contributed by atoms with van der Waals surface area (Å²) in [5.74, 6) is 0.848. The van der Waals surface area contributed by atoms with Gasteiger partial charge in [-0.15, -0.1) is 0 Å². The van der Waals surface area contributed by atoms with Crippen LogP contribution in [0.3, 0.4) is 0 Å². The summed E-state index contributed by atoms with van der Waals surface area (Å²) >= 11 is 12.2. The number of thioether (sulfide) groups is 1. The fourth-order valence-corrected chi connectivity index (χ4v) is 3.04. The molecule has 0 aliphatic carbocycles. The van der Waals surface area contributed by atoms with E-state index in [1.165, 1.54) is 22.9 Å². The van der Waals surface area contributed by atoms with E-state index in [1.807, 2.05) is 0 Å². The molecule has 0 aromatic carbocycles. The zero-order valence-electron chi connectivity index (χ0n) is 9.95. The monoisotopic (exact) mass is 322 g/mol. The molecule has 0 unspecified atom stereocenters. The van der Waals surface area contributed by atoms with Gasteiger partial charge >= 0.3 is 0 Å². The van der Waals surface area contributed by atoms with Gasteiger partial charge in [0.25, 0.3) is 5.91 Å². The molecule has 1 amide bonds. The lowest BCUT2D eigenvalue weighted by molar-refractivity contribution is -0.113. The predicted molar refractivity (Wildman–Crippen MR) is 83.6 cm³/mol. The van der Waals surface area contributed by atoms with Crippen LogP contribution in [0.2, 0.25) is 5.02 Å². The minimum absolute atomic E-state index is 0.216. The Bertz CT molecular complexity index is 696. The molecule has 0 radical (unpaired) electrons. The quantitative estimate of drug-likeness (QED) is 0.622. The second-order valence-electron chi connectivity index (χ2n) is 3.87. The predicted octanol–water partition coefficient (Wildman–Crippen LogP) is 3.73. The molecule has 100 valence electrons. The maximum absolute atomic E-state index is 12.4. The first-order valence-corrected chi connectivity index (χ1v) is 7.18. The highest BCUT2D eigenvalue weighted by Crippen LogP contribution is 2.35. The van der Waals surface area contributed by atoms with E-state index in [0.29, 0.717) is 25.8 Å². The summed E-state index contributed by atoms with van der Waals surface area (Å²) in [4.78, 5) is 18.4. The molecule has 2 aromatic rings. The summed E-state index contributed by atoms with van der Waals surface area (Å²) in [6, 6.07) is 6.85. The molecule has 0 N–H and O–H groups in total. The van der Waals surface area contributed by atoms with Gasteiger partial charge in [0, 0.05) is 12.3 Å². The molecule has 3 rings (SSSR count). The fraction of sp³-hybridized carbons (Fsp3) is 0. The van der Waals surface area contributed by atoms with Crippen molar-refractivity contribution in [3.63, 3.8) is 0 Å². The molecule has 7 heteroatoms. The van der Waals surface area contributed by atoms with E-state index >= 15 is 0 Å². The highest BCUT2D eigenvalue weighted by atomic mass is 35.5. The van der Waals surface area contributed by atoms with Crippen LogP contribution in [0.25, 0.3) is 6.08 Å². The third-order valence-electron chi connectivity index (χ3n) is 2.55. The highest BCUT2D eigenvalue weighted by molar-refractivity contribution is 8.27. The third kappa shape index (κ3) is 2.49. The normalized spacial score (nSPS) is 17.2. The van der Waals surface area contributed by atoms with E-state index in [4.69, 9.17) is 28.2 Å². The Balaban J connectivity index is 1.93. The first-order valence-electron chi connectivity index (χ1n) is 5.58. The number of aromatic nitrogens is 1. The van der Waals surface area contributed by atoms with Crippen LogP contribution in [0.5, 0.6) is 0 Å². The Morgan fingerprint density at radius 1 is 1.40 bits per heavy atom. The van der Waals surface area contributed by atoms with Gasteiger partial charge in [0.05, 0.1) is 16.2 Å². The minimum Gasteiger partial charge on any atom is -0.465 e. The summed E-state index contributed by atoms with van der Waals surface area (Å²) in [7, 11) is 0. The topological polar surface area (TPSA) is 46.3 Å². The van der Waals surface area contributed by atoms with Crippen molar-refractivity contribution in [1.82, 2.24) is 4.98 Å². The summed E-state index contributed by atoms with van der Waals surface area (Å²) in [5.41, 5.74) is 0. The smallest absolute Gasteiger partial charge is 0.272 e. The number of carbonyl (C=O) groups is 1. The van der Waals surface area contributed by atoms with Crippen LogP contribution in [0.4, 0.5) is 5.82 Å². The summed E-state index contributed by atoms with van der Waals surface area (Å²) < 4.78 is 5.63. The first-order chi connectivity index (χ1) is 9.65. The Labute approximate surface area is 129 Å². The molecule has 3 heterocycles. The number of pyridine rings is 1. The second kappa shape index (κ2) is 5.40. The van der Waals surface area contributed by atoms with Gasteiger partial charge in [-0.25, -0.2) is 9.88 Å². The van der Waals surface area contributed by atoms with E-state index in [1.54, 1.807) is 36.6 Å². The first kappa shape index (κ1) is 13.4. The van der Waals surface area contributed by atoms with E-state index in [0.717, 1.165) is 0 Å². The standard InChI is InChI=1S/C13H7ClN2O2S2/c14-8-3-4-11(15-7-8)16-12(17)10(20-13(16)19)6-9-2-1-5-18-9/h1-7H/b10-6-. The molecule has 0 spiro atoms. The van der Waals surface area contributed by atoms with Gasteiger partial charge in [-0.3, -0.25) is 4.79 Å². The Kier molecular flexibility index (Phi) is 3.60. The maximum atomic E-state index is 12.4. The van der Waals surface area contributed by atoms with Crippen LogP contribution < -0.4 is 4.90 Å². The Hall–Kier alpha value is -1.63. The molecule has 2 aromatic heterocycles. The highest BCUT2D eigenvalue weighted by Gasteiger charge is 2.34. The van der Waals surface area contributed by atoms with Crippen molar-refractivity contribution >= 4 is 57.7 Å². The average molecular weight is 323 g/mol. The number of carbonyl (C=O) groups excluding carboxylic acids is 1. The Morgan fingerprint density at radius 3 is 2.90 bits per heavy atom.